The SMILES string of the molecule is CCOc1cc(CNc2ccc(S(N)(=O)=O)cc2)cc(Cl)c1OCc1ccc(Cl)c(Cl)c1. The van der Waals surface area contributed by atoms with E-state index >= 15 is 0 Å². The highest BCUT2D eigenvalue weighted by Gasteiger charge is 2.14. The van der Waals surface area contributed by atoms with Crippen molar-refractivity contribution in [3.8, 4) is 11.5 Å². The Balaban J connectivity index is 1.73. The summed E-state index contributed by atoms with van der Waals surface area (Å²) in [6, 6.07) is 15.0. The van der Waals surface area contributed by atoms with Crippen molar-refractivity contribution in [2.45, 2.75) is 25.0 Å². The molecule has 0 bridgehead atoms. The smallest absolute Gasteiger partial charge is 0.238 e. The second-order valence-electron chi connectivity index (χ2n) is 6.80. The molecule has 0 heterocycles. The minimum Gasteiger partial charge on any atom is -0.490 e. The van der Waals surface area contributed by atoms with Crippen LogP contribution in [0.3, 0.4) is 0 Å². The summed E-state index contributed by atoms with van der Waals surface area (Å²) in [4.78, 5) is 0.0493. The average molecular weight is 516 g/mol. The third-order valence-electron chi connectivity index (χ3n) is 4.42. The topological polar surface area (TPSA) is 90.6 Å². The van der Waals surface area contributed by atoms with Gasteiger partial charge in [0.15, 0.2) is 11.5 Å². The summed E-state index contributed by atoms with van der Waals surface area (Å²) in [7, 11) is -3.73. The van der Waals surface area contributed by atoms with Crippen LogP contribution in [0.15, 0.2) is 59.5 Å². The first-order valence-corrected chi connectivity index (χ1v) is 12.2. The highest BCUT2D eigenvalue weighted by Crippen LogP contribution is 2.37. The van der Waals surface area contributed by atoms with Crippen molar-refractivity contribution in [1.29, 1.82) is 0 Å². The molecule has 0 aromatic heterocycles. The normalized spacial score (nSPS) is 11.3. The van der Waals surface area contributed by atoms with Gasteiger partial charge in [-0.2, -0.15) is 0 Å². The molecule has 0 spiro atoms. The Morgan fingerprint density at radius 1 is 0.875 bits per heavy atom. The van der Waals surface area contributed by atoms with E-state index < -0.39 is 10.0 Å². The van der Waals surface area contributed by atoms with Gasteiger partial charge in [0.2, 0.25) is 10.0 Å². The van der Waals surface area contributed by atoms with E-state index in [1.165, 1.54) is 12.1 Å². The molecule has 0 saturated carbocycles. The van der Waals surface area contributed by atoms with E-state index in [9.17, 15) is 8.42 Å². The highest BCUT2D eigenvalue weighted by atomic mass is 35.5. The molecule has 3 aromatic rings. The van der Waals surface area contributed by atoms with Gasteiger partial charge in [-0.3, -0.25) is 0 Å². The zero-order valence-electron chi connectivity index (χ0n) is 17.1. The van der Waals surface area contributed by atoms with Crippen LogP contribution in [0.4, 0.5) is 5.69 Å². The Morgan fingerprint density at radius 2 is 1.56 bits per heavy atom. The Kier molecular flexibility index (Phi) is 8.14. The maximum atomic E-state index is 11.4. The van der Waals surface area contributed by atoms with Crippen LogP contribution >= 0.6 is 34.8 Å². The summed E-state index contributed by atoms with van der Waals surface area (Å²) in [6.07, 6.45) is 0. The van der Waals surface area contributed by atoms with Crippen molar-refractivity contribution in [2.24, 2.45) is 5.14 Å². The lowest BCUT2D eigenvalue weighted by Crippen LogP contribution is -2.12. The molecule has 3 aromatic carbocycles. The standard InChI is InChI=1S/C22H21Cl3N2O4S/c1-2-30-21-11-15(12-27-16-4-6-17(7-5-16)32(26,28)29)10-20(25)22(21)31-13-14-3-8-18(23)19(24)9-14/h3-11,27H,2,12-13H2,1H3,(H2,26,28,29). The van der Waals surface area contributed by atoms with Gasteiger partial charge < -0.3 is 14.8 Å². The fourth-order valence-corrected chi connectivity index (χ4v) is 4.00. The van der Waals surface area contributed by atoms with E-state index in [0.29, 0.717) is 39.7 Å². The van der Waals surface area contributed by atoms with Crippen LogP contribution in [-0.2, 0) is 23.2 Å². The van der Waals surface area contributed by atoms with Gasteiger partial charge in [0.25, 0.3) is 0 Å². The number of primary sulfonamides is 1. The quantitative estimate of drug-likeness (QED) is 0.371. The first-order valence-electron chi connectivity index (χ1n) is 9.56. The van der Waals surface area contributed by atoms with Gasteiger partial charge in [-0.1, -0.05) is 40.9 Å². The van der Waals surface area contributed by atoms with Crippen molar-refractivity contribution in [3.63, 3.8) is 0 Å². The largest absolute Gasteiger partial charge is 0.490 e. The number of hydrogen-bond acceptors (Lipinski definition) is 5. The van der Waals surface area contributed by atoms with Crippen molar-refractivity contribution in [1.82, 2.24) is 0 Å². The summed E-state index contributed by atoms with van der Waals surface area (Å²) in [5, 5.41) is 9.65. The molecule has 6 nitrogen and oxygen atoms in total. The average Bonchev–Trinajstić information content (AvgIpc) is 2.74. The molecule has 0 saturated heterocycles. The van der Waals surface area contributed by atoms with Crippen molar-refractivity contribution < 1.29 is 17.9 Å². The van der Waals surface area contributed by atoms with Crippen molar-refractivity contribution in [2.75, 3.05) is 11.9 Å². The summed E-state index contributed by atoms with van der Waals surface area (Å²) < 4.78 is 34.4. The molecular weight excluding hydrogens is 495 g/mol. The maximum Gasteiger partial charge on any atom is 0.238 e. The second kappa shape index (κ2) is 10.6. The summed E-state index contributed by atoms with van der Waals surface area (Å²) in [5.41, 5.74) is 2.42. The molecule has 10 heteroatoms. The fourth-order valence-electron chi connectivity index (χ4n) is 2.88. The lowest BCUT2D eigenvalue weighted by Gasteiger charge is -2.16. The molecule has 32 heavy (non-hydrogen) atoms. The molecule has 3 rings (SSSR count). The van der Waals surface area contributed by atoms with Gasteiger partial charge >= 0.3 is 0 Å². The zero-order chi connectivity index (χ0) is 23.3. The number of anilines is 1. The van der Waals surface area contributed by atoms with E-state index in [-0.39, 0.29) is 11.5 Å². The van der Waals surface area contributed by atoms with Gasteiger partial charge in [-0.25, -0.2) is 13.6 Å². The zero-order valence-corrected chi connectivity index (χ0v) is 20.2. The lowest BCUT2D eigenvalue weighted by molar-refractivity contribution is 0.269. The first-order chi connectivity index (χ1) is 15.2. The highest BCUT2D eigenvalue weighted by molar-refractivity contribution is 7.89. The molecule has 0 unspecified atom stereocenters. The van der Waals surface area contributed by atoms with Crippen molar-refractivity contribution in [3.05, 3.63) is 80.8 Å². The second-order valence-corrected chi connectivity index (χ2v) is 9.58. The summed E-state index contributed by atoms with van der Waals surface area (Å²) in [5.74, 6) is 0.947. The van der Waals surface area contributed by atoms with Crippen LogP contribution in [0.2, 0.25) is 15.1 Å². The minimum atomic E-state index is -3.73. The van der Waals surface area contributed by atoms with E-state index in [4.69, 9.17) is 49.4 Å². The molecular formula is C22H21Cl3N2O4S. The monoisotopic (exact) mass is 514 g/mol. The minimum absolute atomic E-state index is 0.0493. The Bertz CT molecular complexity index is 1200. The van der Waals surface area contributed by atoms with Gasteiger partial charge in [-0.05, 0) is 66.6 Å². The summed E-state index contributed by atoms with van der Waals surface area (Å²) >= 11 is 18.5. The molecule has 0 amide bonds. The Morgan fingerprint density at radius 3 is 2.19 bits per heavy atom. The number of rotatable bonds is 9. The van der Waals surface area contributed by atoms with Crippen LogP contribution in [0.5, 0.6) is 11.5 Å². The first kappa shape index (κ1) is 24.5. The van der Waals surface area contributed by atoms with Gasteiger partial charge in [-0.15, -0.1) is 0 Å². The third kappa shape index (κ3) is 6.43. The molecule has 0 aliphatic heterocycles. The Labute approximate surface area is 202 Å². The predicted molar refractivity (Wildman–Crippen MR) is 129 cm³/mol. The molecule has 3 N–H and O–H groups in total. The van der Waals surface area contributed by atoms with Gasteiger partial charge in [0.1, 0.15) is 6.61 Å². The number of ether oxygens (including phenoxy) is 2. The Hall–Kier alpha value is -2.16. The van der Waals surface area contributed by atoms with Crippen LogP contribution in [0, 0.1) is 0 Å². The van der Waals surface area contributed by atoms with Gasteiger partial charge in [0.05, 0.1) is 26.6 Å². The number of benzene rings is 3. The van der Waals surface area contributed by atoms with E-state index in [1.54, 1.807) is 30.3 Å². The number of nitrogens with two attached hydrogens (primary N) is 1. The van der Waals surface area contributed by atoms with Crippen LogP contribution in [-0.4, -0.2) is 15.0 Å². The fraction of sp³-hybridized carbons (Fsp3) is 0.182. The molecule has 0 aliphatic rings. The molecule has 0 aliphatic carbocycles. The van der Waals surface area contributed by atoms with Crippen LogP contribution in [0.1, 0.15) is 18.1 Å². The maximum absolute atomic E-state index is 11.4. The number of hydrogen-bond donors (Lipinski definition) is 2. The predicted octanol–water partition coefficient (Wildman–Crippen LogP) is 5.88. The molecule has 0 atom stereocenters. The lowest BCUT2D eigenvalue weighted by atomic mass is 10.2. The molecule has 170 valence electrons. The summed E-state index contributed by atoms with van der Waals surface area (Å²) in [6.45, 7) is 2.98. The number of halogens is 3. The van der Waals surface area contributed by atoms with E-state index in [0.717, 1.165) is 16.8 Å². The van der Waals surface area contributed by atoms with E-state index in [1.807, 2.05) is 19.1 Å². The number of nitrogens with one attached hydrogen (secondary N) is 1. The molecule has 0 radical (unpaired) electrons. The van der Waals surface area contributed by atoms with Crippen LogP contribution < -0.4 is 19.9 Å². The third-order valence-corrected chi connectivity index (χ3v) is 6.36. The van der Waals surface area contributed by atoms with Crippen molar-refractivity contribution >= 4 is 50.5 Å². The van der Waals surface area contributed by atoms with Gasteiger partial charge in [0, 0.05) is 12.2 Å². The number of sulfonamides is 1. The van der Waals surface area contributed by atoms with E-state index in [2.05, 4.69) is 5.32 Å². The van der Waals surface area contributed by atoms with Crippen LogP contribution in [0.25, 0.3) is 0 Å². The molecule has 0 fully saturated rings.